The number of rotatable bonds is 10. The van der Waals surface area contributed by atoms with E-state index in [1.807, 2.05) is 25.1 Å². The average Bonchev–Trinajstić information content (AvgIpc) is 2.44. The van der Waals surface area contributed by atoms with Crippen LogP contribution in [0.25, 0.3) is 0 Å². The molecule has 0 amide bonds. The Labute approximate surface area is 122 Å². The van der Waals surface area contributed by atoms with Gasteiger partial charge in [-0.25, -0.2) is 0 Å². The van der Waals surface area contributed by atoms with Gasteiger partial charge in [-0.05, 0) is 24.6 Å². The summed E-state index contributed by atoms with van der Waals surface area (Å²) in [4.78, 5) is 0.782. The lowest BCUT2D eigenvalue weighted by atomic mass is 10.2. The van der Waals surface area contributed by atoms with E-state index in [1.165, 1.54) is 0 Å². The summed E-state index contributed by atoms with van der Waals surface area (Å²) in [6.07, 6.45) is 0. The fraction of sp³-hybridized carbons (Fsp3) is 0.571. The molecule has 0 spiro atoms. The molecule has 1 unspecified atom stereocenters. The van der Waals surface area contributed by atoms with Crippen LogP contribution in [-0.4, -0.2) is 50.1 Å². The standard InChI is InChI=1S/C14H23NO4S/c1-12-13(15)4-3-5-14(12)20(16)11-10-19-9-8-18-7-6-17-2/h3-5H,6-11,15H2,1-2H3. The Kier molecular flexibility index (Phi) is 8.45. The van der Waals surface area contributed by atoms with E-state index in [9.17, 15) is 4.21 Å². The number of nitrogen functional groups attached to an aromatic ring is 1. The third-order valence-corrected chi connectivity index (χ3v) is 4.26. The lowest BCUT2D eigenvalue weighted by Gasteiger charge is -2.09. The maximum absolute atomic E-state index is 12.1. The maximum atomic E-state index is 12.1. The molecule has 1 rings (SSSR count). The quantitative estimate of drug-likeness (QED) is 0.522. The fourth-order valence-electron chi connectivity index (χ4n) is 1.59. The van der Waals surface area contributed by atoms with Crippen molar-refractivity contribution in [2.75, 3.05) is 51.6 Å². The summed E-state index contributed by atoms with van der Waals surface area (Å²) in [5.41, 5.74) is 7.35. The van der Waals surface area contributed by atoms with Crippen molar-refractivity contribution in [3.05, 3.63) is 23.8 Å². The Morgan fingerprint density at radius 1 is 1.10 bits per heavy atom. The number of anilines is 1. The van der Waals surface area contributed by atoms with Crippen LogP contribution in [0.4, 0.5) is 5.69 Å². The molecule has 6 heteroatoms. The predicted octanol–water partition coefficient (Wildman–Crippen LogP) is 1.36. The first-order chi connectivity index (χ1) is 9.66. The summed E-state index contributed by atoms with van der Waals surface area (Å²) in [6.45, 7) is 4.48. The third kappa shape index (κ3) is 6.00. The van der Waals surface area contributed by atoms with E-state index in [-0.39, 0.29) is 0 Å². The summed E-state index contributed by atoms with van der Waals surface area (Å²) in [6, 6.07) is 5.47. The first-order valence-electron chi connectivity index (χ1n) is 6.54. The molecule has 0 aliphatic rings. The molecule has 2 N–H and O–H groups in total. The molecule has 0 saturated carbocycles. The van der Waals surface area contributed by atoms with Crippen molar-refractivity contribution in [1.82, 2.24) is 0 Å². The van der Waals surface area contributed by atoms with Gasteiger partial charge in [-0.3, -0.25) is 4.21 Å². The van der Waals surface area contributed by atoms with Gasteiger partial charge in [0.05, 0.1) is 49.6 Å². The van der Waals surface area contributed by atoms with Crippen molar-refractivity contribution in [2.45, 2.75) is 11.8 Å². The fourth-order valence-corrected chi connectivity index (χ4v) is 2.77. The van der Waals surface area contributed by atoms with Crippen LogP contribution in [-0.2, 0) is 25.0 Å². The monoisotopic (exact) mass is 301 g/mol. The van der Waals surface area contributed by atoms with Crippen LogP contribution in [0.15, 0.2) is 23.1 Å². The minimum atomic E-state index is -1.08. The van der Waals surface area contributed by atoms with Crippen LogP contribution < -0.4 is 5.73 Å². The van der Waals surface area contributed by atoms with Gasteiger partial charge < -0.3 is 19.9 Å². The number of methoxy groups -OCH3 is 1. The molecule has 0 fully saturated rings. The van der Waals surface area contributed by atoms with Crippen molar-refractivity contribution in [3.63, 3.8) is 0 Å². The van der Waals surface area contributed by atoms with Gasteiger partial charge in [0.2, 0.25) is 0 Å². The third-order valence-electron chi connectivity index (χ3n) is 2.79. The van der Waals surface area contributed by atoms with Crippen molar-refractivity contribution in [1.29, 1.82) is 0 Å². The van der Waals surface area contributed by atoms with Crippen molar-refractivity contribution >= 4 is 16.5 Å². The molecule has 114 valence electrons. The second kappa shape index (κ2) is 9.88. The second-order valence-electron chi connectivity index (χ2n) is 4.24. The van der Waals surface area contributed by atoms with E-state index in [1.54, 1.807) is 7.11 Å². The van der Waals surface area contributed by atoms with E-state index >= 15 is 0 Å². The van der Waals surface area contributed by atoms with Crippen LogP contribution in [0.2, 0.25) is 0 Å². The van der Waals surface area contributed by atoms with Crippen LogP contribution in [0.3, 0.4) is 0 Å². The first-order valence-corrected chi connectivity index (χ1v) is 7.86. The number of benzene rings is 1. The van der Waals surface area contributed by atoms with E-state index in [4.69, 9.17) is 19.9 Å². The van der Waals surface area contributed by atoms with Gasteiger partial charge in [0, 0.05) is 17.7 Å². The molecule has 5 nitrogen and oxygen atoms in total. The highest BCUT2D eigenvalue weighted by molar-refractivity contribution is 7.85. The van der Waals surface area contributed by atoms with E-state index in [0.717, 1.165) is 10.5 Å². The SMILES string of the molecule is COCCOCCOCCS(=O)c1cccc(N)c1C. The summed E-state index contributed by atoms with van der Waals surface area (Å²) in [7, 11) is 0.551. The molecular weight excluding hydrogens is 278 g/mol. The highest BCUT2D eigenvalue weighted by atomic mass is 32.2. The van der Waals surface area contributed by atoms with Crippen molar-refractivity contribution in [2.24, 2.45) is 0 Å². The van der Waals surface area contributed by atoms with Gasteiger partial charge in [0.1, 0.15) is 0 Å². The highest BCUT2D eigenvalue weighted by Crippen LogP contribution is 2.18. The highest BCUT2D eigenvalue weighted by Gasteiger charge is 2.08. The van der Waals surface area contributed by atoms with Gasteiger partial charge in [0.25, 0.3) is 0 Å². The number of ether oxygens (including phenoxy) is 3. The summed E-state index contributed by atoms with van der Waals surface area (Å²) >= 11 is 0. The largest absolute Gasteiger partial charge is 0.398 e. The van der Waals surface area contributed by atoms with Crippen LogP contribution >= 0.6 is 0 Å². The van der Waals surface area contributed by atoms with Crippen LogP contribution in [0.5, 0.6) is 0 Å². The second-order valence-corrected chi connectivity index (χ2v) is 5.78. The van der Waals surface area contributed by atoms with E-state index in [0.29, 0.717) is 44.5 Å². The minimum absolute atomic E-state index is 0.439. The Hall–Kier alpha value is -0.950. The van der Waals surface area contributed by atoms with Gasteiger partial charge >= 0.3 is 0 Å². The van der Waals surface area contributed by atoms with E-state index in [2.05, 4.69) is 0 Å². The Morgan fingerprint density at radius 3 is 2.45 bits per heavy atom. The zero-order valence-electron chi connectivity index (χ0n) is 12.1. The zero-order chi connectivity index (χ0) is 14.8. The minimum Gasteiger partial charge on any atom is -0.398 e. The molecule has 0 saturated heterocycles. The summed E-state index contributed by atoms with van der Waals surface area (Å²) < 4.78 is 27.6. The summed E-state index contributed by atoms with van der Waals surface area (Å²) in [5, 5.41) is 0. The molecule has 0 heterocycles. The van der Waals surface area contributed by atoms with Gasteiger partial charge in [0.15, 0.2) is 0 Å². The molecule has 1 aromatic carbocycles. The Balaban J connectivity index is 2.19. The normalized spacial score (nSPS) is 12.5. The lowest BCUT2D eigenvalue weighted by molar-refractivity contribution is 0.0285. The van der Waals surface area contributed by atoms with Crippen molar-refractivity contribution < 1.29 is 18.4 Å². The number of nitrogens with two attached hydrogens (primary N) is 1. The smallest absolute Gasteiger partial charge is 0.0701 e. The van der Waals surface area contributed by atoms with Crippen LogP contribution in [0.1, 0.15) is 5.56 Å². The predicted molar refractivity (Wildman–Crippen MR) is 80.4 cm³/mol. The number of hydrogen-bond donors (Lipinski definition) is 1. The lowest BCUT2D eigenvalue weighted by Crippen LogP contribution is -2.12. The molecule has 0 radical (unpaired) electrons. The van der Waals surface area contributed by atoms with Gasteiger partial charge in [-0.1, -0.05) is 6.07 Å². The Morgan fingerprint density at radius 2 is 1.75 bits per heavy atom. The molecule has 0 aliphatic heterocycles. The molecule has 1 aromatic rings. The zero-order valence-corrected chi connectivity index (χ0v) is 12.9. The molecule has 1 atom stereocenters. The molecular formula is C14H23NO4S. The first kappa shape index (κ1) is 17.1. The van der Waals surface area contributed by atoms with E-state index < -0.39 is 10.8 Å². The Bertz CT molecular complexity index is 426. The van der Waals surface area contributed by atoms with Crippen molar-refractivity contribution in [3.8, 4) is 0 Å². The van der Waals surface area contributed by atoms with Gasteiger partial charge in [-0.2, -0.15) is 0 Å². The average molecular weight is 301 g/mol. The molecule has 0 aromatic heterocycles. The summed E-state index contributed by atoms with van der Waals surface area (Å²) in [5.74, 6) is 0.461. The van der Waals surface area contributed by atoms with Gasteiger partial charge in [-0.15, -0.1) is 0 Å². The maximum Gasteiger partial charge on any atom is 0.0701 e. The molecule has 20 heavy (non-hydrogen) atoms. The molecule has 0 bridgehead atoms. The number of hydrogen-bond acceptors (Lipinski definition) is 5. The van der Waals surface area contributed by atoms with Crippen LogP contribution in [0, 0.1) is 6.92 Å². The molecule has 0 aliphatic carbocycles. The topological polar surface area (TPSA) is 70.8 Å².